The predicted molar refractivity (Wildman–Crippen MR) is 100 cm³/mol. The topological polar surface area (TPSA) is 29.1 Å². The lowest BCUT2D eigenvalue weighted by molar-refractivity contribution is -0.121. The molecule has 0 aromatic heterocycles. The number of amides is 1. The van der Waals surface area contributed by atoms with Crippen molar-refractivity contribution in [1.82, 2.24) is 5.32 Å². The van der Waals surface area contributed by atoms with Crippen LogP contribution in [-0.2, 0) is 17.6 Å². The van der Waals surface area contributed by atoms with Crippen molar-refractivity contribution in [3.8, 4) is 0 Å². The summed E-state index contributed by atoms with van der Waals surface area (Å²) in [4.78, 5) is 12.4. The molecule has 0 spiro atoms. The van der Waals surface area contributed by atoms with Gasteiger partial charge in [0.05, 0.1) is 6.42 Å². The van der Waals surface area contributed by atoms with E-state index >= 15 is 0 Å². The lowest BCUT2D eigenvalue weighted by Gasteiger charge is -2.14. The van der Waals surface area contributed by atoms with Gasteiger partial charge in [0.1, 0.15) is 0 Å². The Balaban J connectivity index is 1.56. The minimum absolute atomic E-state index is 0.0897. The SMILES string of the molecule is C[C@H](CCc1ccccc1)NC(=O)Cc1cccc2ccccc12. The standard InChI is InChI=1S/C22H23NO/c1-17(14-15-18-8-3-2-4-9-18)23-22(24)16-20-12-7-11-19-10-5-6-13-21(19)20/h2-13,17H,14-16H2,1H3,(H,23,24)/t17-/m1/s1. The molecule has 0 bridgehead atoms. The van der Waals surface area contributed by atoms with Gasteiger partial charge in [-0.2, -0.15) is 0 Å². The number of benzene rings is 3. The first-order valence-corrected chi connectivity index (χ1v) is 8.52. The first kappa shape index (κ1) is 16.3. The maximum atomic E-state index is 12.4. The van der Waals surface area contributed by atoms with Crippen LogP contribution in [0.1, 0.15) is 24.5 Å². The smallest absolute Gasteiger partial charge is 0.224 e. The second-order valence-corrected chi connectivity index (χ2v) is 6.31. The summed E-state index contributed by atoms with van der Waals surface area (Å²) in [6.45, 7) is 2.07. The van der Waals surface area contributed by atoms with Gasteiger partial charge in [-0.3, -0.25) is 4.79 Å². The quantitative estimate of drug-likeness (QED) is 0.711. The van der Waals surface area contributed by atoms with Crippen molar-refractivity contribution >= 4 is 16.7 Å². The molecule has 0 saturated heterocycles. The van der Waals surface area contributed by atoms with Gasteiger partial charge in [-0.1, -0.05) is 72.8 Å². The van der Waals surface area contributed by atoms with Gasteiger partial charge in [0, 0.05) is 6.04 Å². The van der Waals surface area contributed by atoms with E-state index in [-0.39, 0.29) is 11.9 Å². The molecule has 1 amide bonds. The van der Waals surface area contributed by atoms with E-state index in [0.717, 1.165) is 23.8 Å². The van der Waals surface area contributed by atoms with Gasteiger partial charge in [0.2, 0.25) is 5.91 Å². The maximum Gasteiger partial charge on any atom is 0.224 e. The van der Waals surface area contributed by atoms with E-state index in [4.69, 9.17) is 0 Å². The molecule has 0 fully saturated rings. The third-order valence-corrected chi connectivity index (χ3v) is 4.35. The zero-order valence-corrected chi connectivity index (χ0v) is 14.0. The van der Waals surface area contributed by atoms with E-state index in [9.17, 15) is 4.79 Å². The highest BCUT2D eigenvalue weighted by Crippen LogP contribution is 2.19. The Morgan fingerprint density at radius 3 is 2.46 bits per heavy atom. The van der Waals surface area contributed by atoms with E-state index in [0.29, 0.717) is 6.42 Å². The fourth-order valence-electron chi connectivity index (χ4n) is 3.05. The molecular weight excluding hydrogens is 294 g/mol. The van der Waals surface area contributed by atoms with Crippen LogP contribution in [0, 0.1) is 0 Å². The van der Waals surface area contributed by atoms with Gasteiger partial charge in [0.25, 0.3) is 0 Å². The van der Waals surface area contributed by atoms with Crippen LogP contribution in [0.5, 0.6) is 0 Å². The van der Waals surface area contributed by atoms with Gasteiger partial charge in [-0.05, 0) is 41.7 Å². The molecular formula is C22H23NO. The Hall–Kier alpha value is -2.61. The second kappa shape index (κ2) is 7.78. The molecule has 0 unspecified atom stereocenters. The molecule has 0 radical (unpaired) electrons. The molecule has 2 heteroatoms. The number of carbonyl (C=O) groups excluding carboxylic acids is 1. The Morgan fingerprint density at radius 1 is 0.917 bits per heavy atom. The number of rotatable bonds is 6. The third kappa shape index (κ3) is 4.23. The molecule has 0 saturated carbocycles. The van der Waals surface area contributed by atoms with E-state index in [1.807, 2.05) is 30.3 Å². The van der Waals surface area contributed by atoms with Crippen LogP contribution >= 0.6 is 0 Å². The number of fused-ring (bicyclic) bond motifs is 1. The Morgan fingerprint density at radius 2 is 1.62 bits per heavy atom. The van der Waals surface area contributed by atoms with Crippen molar-refractivity contribution in [3.63, 3.8) is 0 Å². The van der Waals surface area contributed by atoms with Gasteiger partial charge in [0.15, 0.2) is 0 Å². The average molecular weight is 317 g/mol. The predicted octanol–water partition coefficient (Wildman–Crippen LogP) is 4.52. The summed E-state index contributed by atoms with van der Waals surface area (Å²) in [5.74, 6) is 0.0897. The molecule has 0 aliphatic heterocycles. The number of hydrogen-bond acceptors (Lipinski definition) is 1. The largest absolute Gasteiger partial charge is 0.353 e. The first-order chi connectivity index (χ1) is 11.7. The minimum Gasteiger partial charge on any atom is -0.353 e. The molecule has 0 heterocycles. The van der Waals surface area contributed by atoms with Crippen LogP contribution in [0.25, 0.3) is 10.8 Å². The lowest BCUT2D eigenvalue weighted by atomic mass is 10.0. The van der Waals surface area contributed by atoms with Crippen LogP contribution in [0.2, 0.25) is 0 Å². The molecule has 0 aliphatic rings. The van der Waals surface area contributed by atoms with E-state index < -0.39 is 0 Å². The van der Waals surface area contributed by atoms with Crippen molar-refractivity contribution in [3.05, 3.63) is 83.9 Å². The lowest BCUT2D eigenvalue weighted by Crippen LogP contribution is -2.34. The number of nitrogens with one attached hydrogen (secondary N) is 1. The minimum atomic E-state index is 0.0897. The van der Waals surface area contributed by atoms with Crippen molar-refractivity contribution in [2.75, 3.05) is 0 Å². The zero-order valence-electron chi connectivity index (χ0n) is 14.0. The van der Waals surface area contributed by atoms with Crippen molar-refractivity contribution in [2.24, 2.45) is 0 Å². The normalized spacial score (nSPS) is 12.0. The summed E-state index contributed by atoms with van der Waals surface area (Å²) in [6, 6.07) is 24.9. The third-order valence-electron chi connectivity index (χ3n) is 4.35. The van der Waals surface area contributed by atoms with Crippen LogP contribution < -0.4 is 5.32 Å². The van der Waals surface area contributed by atoms with Gasteiger partial charge in [-0.15, -0.1) is 0 Å². The molecule has 3 rings (SSSR count). The summed E-state index contributed by atoms with van der Waals surface area (Å²) >= 11 is 0. The van der Waals surface area contributed by atoms with E-state index in [2.05, 4.69) is 54.7 Å². The zero-order chi connectivity index (χ0) is 16.8. The molecule has 24 heavy (non-hydrogen) atoms. The molecule has 3 aromatic rings. The van der Waals surface area contributed by atoms with Gasteiger partial charge in [-0.25, -0.2) is 0 Å². The van der Waals surface area contributed by atoms with E-state index in [1.165, 1.54) is 10.9 Å². The molecule has 1 N–H and O–H groups in total. The fraction of sp³-hybridized carbons (Fsp3) is 0.227. The van der Waals surface area contributed by atoms with Crippen molar-refractivity contribution in [2.45, 2.75) is 32.2 Å². The highest BCUT2D eigenvalue weighted by molar-refractivity contribution is 5.90. The Bertz CT molecular complexity index is 805. The van der Waals surface area contributed by atoms with Crippen LogP contribution in [0.3, 0.4) is 0 Å². The second-order valence-electron chi connectivity index (χ2n) is 6.31. The number of hydrogen-bond donors (Lipinski definition) is 1. The summed E-state index contributed by atoms with van der Waals surface area (Å²) in [5, 5.41) is 5.46. The van der Waals surface area contributed by atoms with Crippen molar-refractivity contribution in [1.29, 1.82) is 0 Å². The molecule has 122 valence electrons. The average Bonchev–Trinajstić information content (AvgIpc) is 2.61. The number of carbonyl (C=O) groups is 1. The Kier molecular flexibility index (Phi) is 5.27. The summed E-state index contributed by atoms with van der Waals surface area (Å²) in [6.07, 6.45) is 2.36. The summed E-state index contributed by atoms with van der Waals surface area (Å²) in [5.41, 5.74) is 2.40. The molecule has 2 nitrogen and oxygen atoms in total. The highest BCUT2D eigenvalue weighted by atomic mass is 16.1. The monoisotopic (exact) mass is 317 g/mol. The van der Waals surface area contributed by atoms with E-state index in [1.54, 1.807) is 0 Å². The molecule has 0 aliphatic carbocycles. The maximum absolute atomic E-state index is 12.4. The Labute approximate surface area is 143 Å². The van der Waals surface area contributed by atoms with Gasteiger partial charge < -0.3 is 5.32 Å². The van der Waals surface area contributed by atoms with Crippen LogP contribution in [0.4, 0.5) is 0 Å². The molecule has 1 atom stereocenters. The van der Waals surface area contributed by atoms with Crippen LogP contribution in [-0.4, -0.2) is 11.9 Å². The first-order valence-electron chi connectivity index (χ1n) is 8.52. The van der Waals surface area contributed by atoms with Crippen LogP contribution in [0.15, 0.2) is 72.8 Å². The summed E-state index contributed by atoms with van der Waals surface area (Å²) < 4.78 is 0. The van der Waals surface area contributed by atoms with Crippen molar-refractivity contribution < 1.29 is 4.79 Å². The van der Waals surface area contributed by atoms with Gasteiger partial charge >= 0.3 is 0 Å². The number of aryl methyl sites for hydroxylation is 1. The molecule has 3 aromatic carbocycles. The highest BCUT2D eigenvalue weighted by Gasteiger charge is 2.10. The summed E-state index contributed by atoms with van der Waals surface area (Å²) in [7, 11) is 0. The fourth-order valence-corrected chi connectivity index (χ4v) is 3.05.